The topological polar surface area (TPSA) is 121 Å². The summed E-state index contributed by atoms with van der Waals surface area (Å²) in [6.45, 7) is -7.61. The fourth-order valence-electron chi connectivity index (χ4n) is 0. The molecule has 0 saturated heterocycles. The lowest BCUT2D eigenvalue weighted by Gasteiger charge is -1.88. The van der Waals surface area contributed by atoms with E-state index in [2.05, 4.69) is 23.6 Å². The Morgan fingerprint density at radius 3 is 0.636 bits per heavy atom. The molecule has 0 unspecified atom stereocenters. The van der Waals surface area contributed by atoms with E-state index in [0.29, 0.717) is 0 Å². The van der Waals surface area contributed by atoms with Gasteiger partial charge in [-0.05, 0) is 23.6 Å². The van der Waals surface area contributed by atoms with Crippen molar-refractivity contribution in [2.45, 2.75) is 0 Å². The van der Waals surface area contributed by atoms with E-state index in [9.17, 15) is 0 Å². The maximum Gasteiger partial charge on any atom is 0.319 e. The SMILES string of the molecule is OP(O)(O)=S.OP(O)(O)=S.[CH2]. The van der Waals surface area contributed by atoms with Gasteiger partial charge in [0, 0.05) is 0 Å². The lowest BCUT2D eigenvalue weighted by atomic mass is 12.0. The molecule has 0 fully saturated rings. The normalized spacial score (nSPS) is 10.7. The van der Waals surface area contributed by atoms with E-state index < -0.39 is 13.4 Å². The maximum absolute atomic E-state index is 7.56. The minimum Gasteiger partial charge on any atom is -0.325 e. The first-order valence-electron chi connectivity index (χ1n) is 1.57. The Labute approximate surface area is 74.3 Å². The van der Waals surface area contributed by atoms with Gasteiger partial charge < -0.3 is 29.4 Å². The standard InChI is InChI=1S/CH2.2H3O3PS/c;2*1-4(2,3)5/h1H2;2*(H3,1,2,3,5). The molecule has 11 heavy (non-hydrogen) atoms. The van der Waals surface area contributed by atoms with Gasteiger partial charge in [0.25, 0.3) is 0 Å². The van der Waals surface area contributed by atoms with Gasteiger partial charge in [-0.25, -0.2) is 0 Å². The van der Waals surface area contributed by atoms with Gasteiger partial charge >= 0.3 is 13.4 Å². The largest absolute Gasteiger partial charge is 0.325 e. The third-order valence-corrected chi connectivity index (χ3v) is 0. The molecule has 0 aliphatic carbocycles. The van der Waals surface area contributed by atoms with E-state index in [-0.39, 0.29) is 7.43 Å². The lowest BCUT2D eigenvalue weighted by Crippen LogP contribution is -1.65. The van der Waals surface area contributed by atoms with Crippen molar-refractivity contribution in [3.8, 4) is 0 Å². The molecule has 0 bridgehead atoms. The molecule has 0 aromatic carbocycles. The summed E-state index contributed by atoms with van der Waals surface area (Å²) in [6, 6.07) is 0. The molecule has 0 spiro atoms. The highest BCUT2D eigenvalue weighted by atomic mass is 32.5. The second-order valence-corrected chi connectivity index (χ2v) is 6.02. The van der Waals surface area contributed by atoms with Crippen LogP contribution in [0.4, 0.5) is 0 Å². The van der Waals surface area contributed by atoms with Crippen molar-refractivity contribution >= 4 is 37.1 Å². The Morgan fingerprint density at radius 1 is 0.636 bits per heavy atom. The summed E-state index contributed by atoms with van der Waals surface area (Å²) in [4.78, 5) is 45.3. The molecule has 0 rings (SSSR count). The fourth-order valence-corrected chi connectivity index (χ4v) is 0. The Balaban J connectivity index is -0.000000107. The second kappa shape index (κ2) is 6.56. The van der Waals surface area contributed by atoms with Gasteiger partial charge in [0.15, 0.2) is 0 Å². The molecule has 0 aliphatic rings. The molecule has 10 heteroatoms. The maximum atomic E-state index is 7.56. The Bertz CT molecular complexity index is 131. The third-order valence-electron chi connectivity index (χ3n) is 0. The first kappa shape index (κ1) is 18.0. The van der Waals surface area contributed by atoms with Gasteiger partial charge in [0.1, 0.15) is 0 Å². The van der Waals surface area contributed by atoms with Gasteiger partial charge in [0.2, 0.25) is 0 Å². The zero-order valence-electron chi connectivity index (χ0n) is 5.10. The van der Waals surface area contributed by atoms with Gasteiger partial charge in [-0.1, -0.05) is 7.43 Å². The van der Waals surface area contributed by atoms with Crippen LogP contribution in [0.3, 0.4) is 0 Å². The van der Waals surface area contributed by atoms with Crippen LogP contribution in [0.1, 0.15) is 0 Å². The molecule has 6 nitrogen and oxygen atoms in total. The summed E-state index contributed by atoms with van der Waals surface area (Å²) < 4.78 is 0. The minimum absolute atomic E-state index is 0. The molecular weight excluding hydrogens is 234 g/mol. The third kappa shape index (κ3) is 808. The molecular formula is CH8O6P2S2. The molecule has 0 saturated carbocycles. The van der Waals surface area contributed by atoms with Crippen molar-refractivity contribution in [2.24, 2.45) is 0 Å². The predicted octanol–water partition coefficient (Wildman–Crippen LogP) is -1.30. The van der Waals surface area contributed by atoms with Crippen LogP contribution in [-0.4, -0.2) is 29.4 Å². The van der Waals surface area contributed by atoms with Crippen molar-refractivity contribution in [3.05, 3.63) is 7.43 Å². The summed E-state index contributed by atoms with van der Waals surface area (Å²) in [5.74, 6) is 0. The average Bonchev–Trinajstić information content (AvgIpc) is 1.12. The highest BCUT2D eigenvalue weighted by molar-refractivity contribution is 8.06. The highest BCUT2D eigenvalue weighted by Gasteiger charge is 1.92. The molecule has 0 heterocycles. The van der Waals surface area contributed by atoms with E-state index >= 15 is 0 Å². The monoisotopic (exact) mass is 242 g/mol. The van der Waals surface area contributed by atoms with Gasteiger partial charge in [-0.2, -0.15) is 0 Å². The van der Waals surface area contributed by atoms with Crippen molar-refractivity contribution in [1.29, 1.82) is 0 Å². The zero-order chi connectivity index (χ0) is 9.00. The lowest BCUT2D eigenvalue weighted by molar-refractivity contribution is 0.361. The van der Waals surface area contributed by atoms with Gasteiger partial charge in [-0.15, -0.1) is 0 Å². The summed E-state index contributed by atoms with van der Waals surface area (Å²) in [7, 11) is 0. The first-order valence-corrected chi connectivity index (χ1v) is 6.89. The van der Waals surface area contributed by atoms with E-state index in [1.54, 1.807) is 0 Å². The highest BCUT2D eigenvalue weighted by Crippen LogP contribution is 2.26. The Morgan fingerprint density at radius 2 is 0.636 bits per heavy atom. The van der Waals surface area contributed by atoms with Crippen LogP contribution in [-0.2, 0) is 23.6 Å². The summed E-state index contributed by atoms with van der Waals surface area (Å²) in [6.07, 6.45) is 0. The smallest absolute Gasteiger partial charge is 0.319 e. The molecule has 0 aromatic heterocycles. The fraction of sp³-hybridized carbons (Fsp3) is 0. The van der Waals surface area contributed by atoms with E-state index in [1.165, 1.54) is 0 Å². The minimum atomic E-state index is -3.81. The number of hydrogen-bond acceptors (Lipinski definition) is 2. The van der Waals surface area contributed by atoms with Crippen molar-refractivity contribution < 1.29 is 29.4 Å². The molecule has 0 aromatic rings. The number of rotatable bonds is 0. The summed E-state index contributed by atoms with van der Waals surface area (Å²) in [5.41, 5.74) is 0. The van der Waals surface area contributed by atoms with E-state index in [0.717, 1.165) is 0 Å². The van der Waals surface area contributed by atoms with Crippen molar-refractivity contribution in [3.63, 3.8) is 0 Å². The summed E-state index contributed by atoms with van der Waals surface area (Å²) in [5, 5.41) is 0. The van der Waals surface area contributed by atoms with Crippen LogP contribution in [0.25, 0.3) is 0 Å². The van der Waals surface area contributed by atoms with Crippen LogP contribution >= 0.6 is 13.4 Å². The summed E-state index contributed by atoms with van der Waals surface area (Å²) >= 11 is 7.21. The average molecular weight is 242 g/mol. The van der Waals surface area contributed by atoms with Crippen molar-refractivity contribution in [1.82, 2.24) is 0 Å². The second-order valence-electron chi connectivity index (χ2n) is 1.03. The molecule has 6 N–H and O–H groups in total. The predicted molar refractivity (Wildman–Crippen MR) is 47.2 cm³/mol. The number of hydrogen-bond donors (Lipinski definition) is 6. The quantitative estimate of drug-likeness (QED) is 0.290. The Kier molecular flexibility index (Phi) is 10.7. The van der Waals surface area contributed by atoms with Crippen LogP contribution < -0.4 is 0 Å². The van der Waals surface area contributed by atoms with Gasteiger partial charge in [-0.3, -0.25) is 0 Å². The van der Waals surface area contributed by atoms with Crippen LogP contribution in [0.2, 0.25) is 0 Å². The van der Waals surface area contributed by atoms with Crippen molar-refractivity contribution in [2.75, 3.05) is 0 Å². The van der Waals surface area contributed by atoms with Gasteiger partial charge in [0.05, 0.1) is 0 Å². The van der Waals surface area contributed by atoms with Crippen LogP contribution in [0, 0.1) is 7.43 Å². The molecule has 2 radical (unpaired) electrons. The first-order chi connectivity index (χ1) is 4.00. The molecule has 0 aliphatic heterocycles. The van der Waals surface area contributed by atoms with E-state index in [4.69, 9.17) is 29.4 Å². The molecule has 70 valence electrons. The van der Waals surface area contributed by atoms with Crippen LogP contribution in [0.5, 0.6) is 0 Å². The van der Waals surface area contributed by atoms with Crippen LogP contribution in [0.15, 0.2) is 0 Å². The van der Waals surface area contributed by atoms with E-state index in [1.807, 2.05) is 0 Å². The molecule has 0 amide bonds. The molecule has 0 atom stereocenters. The Hall–Kier alpha value is 1.06. The zero-order valence-corrected chi connectivity index (χ0v) is 8.52.